The van der Waals surface area contributed by atoms with Crippen LogP contribution in [0.25, 0.3) is 0 Å². The normalized spacial score (nSPS) is 14.7. The number of hydrogen-bond donors (Lipinski definition) is 2. The van der Waals surface area contributed by atoms with E-state index in [0.717, 1.165) is 68.7 Å². The molecule has 1 aliphatic heterocycles. The van der Waals surface area contributed by atoms with Gasteiger partial charge in [0.05, 0.1) is 11.5 Å². The van der Waals surface area contributed by atoms with Crippen LogP contribution in [0, 0.1) is 35.6 Å². The lowest BCUT2D eigenvalue weighted by Crippen LogP contribution is -2.34. The number of anilines is 1. The number of likely N-dealkylation sites (tertiary alicyclic amines) is 1. The van der Waals surface area contributed by atoms with E-state index in [-0.39, 0.29) is 21.6 Å². The van der Waals surface area contributed by atoms with Crippen molar-refractivity contribution in [3.63, 3.8) is 0 Å². The van der Waals surface area contributed by atoms with Gasteiger partial charge in [-0.05, 0) is 101 Å². The minimum absolute atomic E-state index is 0.136. The average Bonchev–Trinajstić information content (AvgIpc) is 2.76. The van der Waals surface area contributed by atoms with E-state index in [9.17, 15) is 18.9 Å². The molecule has 0 radical (unpaired) electrons. The fraction of sp³-hybridized carbons (Fsp3) is 0.458. The molecule has 1 heterocycles. The summed E-state index contributed by atoms with van der Waals surface area (Å²) in [6, 6.07) is 5.29. The summed E-state index contributed by atoms with van der Waals surface area (Å²) in [5.74, 6) is -1.31. The van der Waals surface area contributed by atoms with Gasteiger partial charge >= 0.3 is 0 Å². The van der Waals surface area contributed by atoms with Gasteiger partial charge in [0.15, 0.2) is 16.7 Å². The average molecular weight is 493 g/mol. The molecular weight excluding hydrogens is 462 g/mol. The Morgan fingerprint density at radius 1 is 1.24 bits per heavy atom. The van der Waals surface area contributed by atoms with Gasteiger partial charge in [0.2, 0.25) is 0 Å². The number of halogens is 2. The van der Waals surface area contributed by atoms with E-state index in [1.807, 2.05) is 0 Å². The minimum atomic E-state index is -0.916. The number of nitro groups is 1. The van der Waals surface area contributed by atoms with Gasteiger partial charge in [-0.25, -0.2) is 8.78 Å². The first kappa shape index (κ1) is 25.8. The second-order valence-corrected chi connectivity index (χ2v) is 9.06. The third kappa shape index (κ3) is 6.38. The Kier molecular flexibility index (Phi) is 8.73. The van der Waals surface area contributed by atoms with Crippen LogP contribution in [-0.4, -0.2) is 41.2 Å². The Labute approximate surface area is 203 Å². The summed E-state index contributed by atoms with van der Waals surface area (Å²) in [4.78, 5) is 13.7. The van der Waals surface area contributed by atoms with E-state index >= 15 is 0 Å². The van der Waals surface area contributed by atoms with Crippen molar-refractivity contribution in [2.24, 2.45) is 5.73 Å². The van der Waals surface area contributed by atoms with Gasteiger partial charge < -0.3 is 20.7 Å². The van der Waals surface area contributed by atoms with Crippen LogP contribution in [0.2, 0.25) is 0 Å². The number of unbranched alkanes of at least 4 members (excludes halogenated alkanes) is 1. The number of benzene rings is 2. The van der Waals surface area contributed by atoms with Gasteiger partial charge in [-0.15, -0.1) is 0 Å². The molecule has 3 rings (SSSR count). The van der Waals surface area contributed by atoms with E-state index < -0.39 is 11.6 Å². The molecule has 7 nitrogen and oxygen atoms in total. The highest BCUT2D eigenvalue weighted by Crippen LogP contribution is 2.40. The summed E-state index contributed by atoms with van der Waals surface area (Å²) >= 11 is 5.02. The van der Waals surface area contributed by atoms with Gasteiger partial charge in [0.25, 0.3) is 5.69 Å². The molecule has 2 aromatic rings. The summed E-state index contributed by atoms with van der Waals surface area (Å²) in [7, 11) is 0. The second kappa shape index (κ2) is 11.5. The molecule has 184 valence electrons. The van der Waals surface area contributed by atoms with Crippen molar-refractivity contribution >= 4 is 28.7 Å². The summed E-state index contributed by atoms with van der Waals surface area (Å²) in [5.41, 5.74) is 8.76. The molecule has 0 saturated carbocycles. The molecule has 1 saturated heterocycles. The third-order valence-electron chi connectivity index (χ3n) is 6.25. The summed E-state index contributed by atoms with van der Waals surface area (Å²) < 4.78 is 31.7. The molecule has 1 aliphatic rings. The highest BCUT2D eigenvalue weighted by atomic mass is 32.1. The molecule has 3 N–H and O–H groups in total. The lowest BCUT2D eigenvalue weighted by Gasteiger charge is -2.33. The second-order valence-electron chi connectivity index (χ2n) is 8.62. The predicted molar refractivity (Wildman–Crippen MR) is 132 cm³/mol. The van der Waals surface area contributed by atoms with Crippen LogP contribution in [0.5, 0.6) is 5.75 Å². The number of nitrogens with one attached hydrogen (secondary N) is 1. The monoisotopic (exact) mass is 492 g/mol. The molecule has 0 aliphatic carbocycles. The molecule has 0 unspecified atom stereocenters. The fourth-order valence-corrected chi connectivity index (χ4v) is 4.78. The third-order valence-corrected chi connectivity index (χ3v) is 6.35. The maximum absolute atomic E-state index is 13.2. The SMILES string of the molecule is Cc1cc(NC(N)=S)c(C2CCN(CCCCOc3ccc(F)c(F)c3)CC2)c(C)c1[N+](=O)[O-]. The van der Waals surface area contributed by atoms with Crippen molar-refractivity contribution in [3.05, 3.63) is 62.7 Å². The molecule has 0 atom stereocenters. The highest BCUT2D eigenvalue weighted by molar-refractivity contribution is 7.80. The van der Waals surface area contributed by atoms with Crippen molar-refractivity contribution in [1.82, 2.24) is 4.90 Å². The molecule has 0 bridgehead atoms. The number of rotatable bonds is 9. The zero-order valence-electron chi connectivity index (χ0n) is 19.4. The van der Waals surface area contributed by atoms with Crippen LogP contribution in [0.15, 0.2) is 24.3 Å². The van der Waals surface area contributed by atoms with E-state index in [0.29, 0.717) is 23.5 Å². The van der Waals surface area contributed by atoms with Gasteiger partial charge in [-0.1, -0.05) is 0 Å². The zero-order chi connectivity index (χ0) is 24.8. The van der Waals surface area contributed by atoms with Crippen LogP contribution >= 0.6 is 12.2 Å². The first-order chi connectivity index (χ1) is 16.2. The smallest absolute Gasteiger partial charge is 0.275 e. The maximum atomic E-state index is 13.2. The Bertz CT molecular complexity index is 1060. The molecule has 10 heteroatoms. The number of piperidine rings is 1. The number of hydrogen-bond acceptors (Lipinski definition) is 5. The number of nitrogens with zero attached hydrogens (tertiary/aromatic N) is 2. The van der Waals surface area contributed by atoms with Crippen molar-refractivity contribution < 1.29 is 18.4 Å². The van der Waals surface area contributed by atoms with Crippen molar-refractivity contribution in [1.29, 1.82) is 0 Å². The van der Waals surface area contributed by atoms with Crippen LogP contribution in [0.1, 0.15) is 48.3 Å². The summed E-state index contributed by atoms with van der Waals surface area (Å²) in [5, 5.41) is 14.8. The van der Waals surface area contributed by atoms with Gasteiger partial charge in [0.1, 0.15) is 5.75 Å². The lowest BCUT2D eigenvalue weighted by atomic mass is 9.84. The number of thiocarbonyl (C=S) groups is 1. The predicted octanol–water partition coefficient (Wildman–Crippen LogP) is 5.18. The molecule has 34 heavy (non-hydrogen) atoms. The molecular formula is C24H30F2N4O3S. The van der Waals surface area contributed by atoms with Crippen molar-refractivity contribution in [2.45, 2.75) is 45.4 Å². The van der Waals surface area contributed by atoms with Crippen LogP contribution < -0.4 is 15.8 Å². The molecule has 0 aromatic heterocycles. The van der Waals surface area contributed by atoms with Crippen LogP contribution in [0.3, 0.4) is 0 Å². The molecule has 2 aromatic carbocycles. The number of aryl methyl sites for hydroxylation is 1. The Morgan fingerprint density at radius 3 is 2.56 bits per heavy atom. The Hall–Kier alpha value is -2.85. The van der Waals surface area contributed by atoms with E-state index in [1.165, 1.54) is 6.07 Å². The molecule has 1 fully saturated rings. The fourth-order valence-electron chi connectivity index (χ4n) is 4.67. The Balaban J connectivity index is 1.54. The topological polar surface area (TPSA) is 93.7 Å². The van der Waals surface area contributed by atoms with Crippen LogP contribution in [-0.2, 0) is 0 Å². The molecule has 0 spiro atoms. The van der Waals surface area contributed by atoms with E-state index in [2.05, 4.69) is 10.2 Å². The van der Waals surface area contributed by atoms with Crippen molar-refractivity contribution in [3.8, 4) is 5.75 Å². The van der Waals surface area contributed by atoms with Crippen molar-refractivity contribution in [2.75, 3.05) is 31.6 Å². The standard InChI is InChI=1S/C24H30F2N4O3S/c1-15-13-21(28-24(27)34)22(16(2)23(15)30(31)32)17-7-10-29(11-8-17)9-3-4-12-33-18-5-6-19(25)20(26)14-18/h5-6,13-14,17H,3-4,7-12H2,1-2H3,(H3,27,28,34). The minimum Gasteiger partial charge on any atom is -0.493 e. The summed E-state index contributed by atoms with van der Waals surface area (Å²) in [6.45, 7) is 6.61. The zero-order valence-corrected chi connectivity index (χ0v) is 20.2. The summed E-state index contributed by atoms with van der Waals surface area (Å²) in [6.07, 6.45) is 3.46. The first-order valence-electron chi connectivity index (χ1n) is 11.3. The molecule has 0 amide bonds. The van der Waals surface area contributed by atoms with Gasteiger partial charge in [-0.3, -0.25) is 10.1 Å². The van der Waals surface area contributed by atoms with Crippen LogP contribution in [0.4, 0.5) is 20.2 Å². The number of nitrogens with two attached hydrogens (primary N) is 1. The van der Waals surface area contributed by atoms with E-state index in [4.69, 9.17) is 22.7 Å². The largest absolute Gasteiger partial charge is 0.493 e. The lowest BCUT2D eigenvalue weighted by molar-refractivity contribution is -0.386. The Morgan fingerprint density at radius 2 is 1.94 bits per heavy atom. The maximum Gasteiger partial charge on any atom is 0.275 e. The van der Waals surface area contributed by atoms with Gasteiger partial charge in [-0.2, -0.15) is 0 Å². The first-order valence-corrected chi connectivity index (χ1v) is 11.7. The number of ether oxygens (including phenoxy) is 1. The highest BCUT2D eigenvalue weighted by Gasteiger charge is 2.29. The quantitative estimate of drug-likeness (QED) is 0.215. The van der Waals surface area contributed by atoms with Gasteiger partial charge in [0, 0.05) is 22.9 Å². The number of nitro benzene ring substituents is 1. The van der Waals surface area contributed by atoms with E-state index in [1.54, 1.807) is 19.9 Å².